The Morgan fingerprint density at radius 1 is 1.17 bits per heavy atom. The minimum Gasteiger partial charge on any atom is -0.366 e. The quantitative estimate of drug-likeness (QED) is 0.833. The van der Waals surface area contributed by atoms with E-state index in [2.05, 4.69) is 10.1 Å². The monoisotopic (exact) mass is 331 g/mol. The molecule has 24 heavy (non-hydrogen) atoms. The highest BCUT2D eigenvalue weighted by atomic mass is 16.5. The lowest BCUT2D eigenvalue weighted by atomic mass is 9.49. The van der Waals surface area contributed by atoms with Gasteiger partial charge >= 0.3 is 0 Å². The van der Waals surface area contributed by atoms with Gasteiger partial charge in [0, 0.05) is 13.5 Å². The van der Waals surface area contributed by atoms with Crippen molar-refractivity contribution in [2.24, 2.45) is 23.2 Å². The summed E-state index contributed by atoms with van der Waals surface area (Å²) in [6.07, 6.45) is 7.17. The van der Waals surface area contributed by atoms with Crippen molar-refractivity contribution in [2.75, 3.05) is 19.7 Å². The molecule has 1 atom stereocenters. The van der Waals surface area contributed by atoms with E-state index in [1.165, 1.54) is 19.3 Å². The average Bonchev–Trinajstić information content (AvgIpc) is 3.00. The maximum atomic E-state index is 13.4. The molecule has 0 spiro atoms. The highest BCUT2D eigenvalue weighted by Crippen LogP contribution is 2.60. The highest BCUT2D eigenvalue weighted by Gasteiger charge is 2.55. The molecule has 5 fully saturated rings. The van der Waals surface area contributed by atoms with Crippen LogP contribution in [0.1, 0.15) is 56.3 Å². The molecule has 1 amide bonds. The molecule has 6 nitrogen and oxygen atoms in total. The number of rotatable bonds is 2. The molecule has 4 bridgehead atoms. The fourth-order valence-corrected chi connectivity index (χ4v) is 6.14. The highest BCUT2D eigenvalue weighted by molar-refractivity contribution is 5.83. The van der Waals surface area contributed by atoms with E-state index < -0.39 is 0 Å². The number of amides is 1. The lowest BCUT2D eigenvalue weighted by molar-refractivity contribution is -0.165. The predicted octanol–water partition coefficient (Wildman–Crippen LogP) is 2.49. The Morgan fingerprint density at radius 2 is 1.83 bits per heavy atom. The zero-order chi connectivity index (χ0) is 16.3. The van der Waals surface area contributed by atoms with Gasteiger partial charge in [-0.15, -0.1) is 0 Å². The molecule has 4 saturated carbocycles. The molecule has 4 aliphatic carbocycles. The van der Waals surface area contributed by atoms with Crippen LogP contribution in [0.15, 0.2) is 4.52 Å². The molecule has 0 aromatic carbocycles. The van der Waals surface area contributed by atoms with Gasteiger partial charge in [-0.05, 0) is 56.3 Å². The third kappa shape index (κ3) is 2.30. The molecule has 1 aliphatic heterocycles. The average molecular weight is 331 g/mol. The van der Waals surface area contributed by atoms with Gasteiger partial charge in [-0.3, -0.25) is 4.79 Å². The van der Waals surface area contributed by atoms with E-state index in [1.54, 1.807) is 6.92 Å². The zero-order valence-corrected chi connectivity index (χ0v) is 14.2. The maximum absolute atomic E-state index is 13.4. The van der Waals surface area contributed by atoms with Crippen molar-refractivity contribution in [3.8, 4) is 0 Å². The van der Waals surface area contributed by atoms with Crippen LogP contribution in [0, 0.1) is 30.1 Å². The Balaban J connectivity index is 1.35. The molecule has 6 rings (SSSR count). The first-order chi connectivity index (χ1) is 11.6. The fourth-order valence-electron chi connectivity index (χ4n) is 6.14. The summed E-state index contributed by atoms with van der Waals surface area (Å²) in [5, 5.41) is 3.98. The fraction of sp³-hybridized carbons (Fsp3) is 0.833. The van der Waals surface area contributed by atoms with Crippen LogP contribution < -0.4 is 0 Å². The lowest BCUT2D eigenvalue weighted by Crippen LogP contribution is -2.56. The van der Waals surface area contributed by atoms with Crippen LogP contribution in [0.2, 0.25) is 0 Å². The molecular formula is C18H25N3O3. The molecule has 0 unspecified atom stereocenters. The Bertz CT molecular complexity index is 620. The van der Waals surface area contributed by atoms with Gasteiger partial charge in [0.25, 0.3) is 0 Å². The van der Waals surface area contributed by atoms with Gasteiger partial charge < -0.3 is 14.2 Å². The first kappa shape index (κ1) is 14.9. The molecule has 1 saturated heterocycles. The number of ether oxygens (including phenoxy) is 1. The van der Waals surface area contributed by atoms with Gasteiger partial charge in [-0.2, -0.15) is 4.98 Å². The first-order valence-corrected chi connectivity index (χ1v) is 9.32. The Kier molecular flexibility index (Phi) is 3.27. The predicted molar refractivity (Wildman–Crippen MR) is 84.9 cm³/mol. The van der Waals surface area contributed by atoms with Gasteiger partial charge in [-0.25, -0.2) is 0 Å². The van der Waals surface area contributed by atoms with Gasteiger partial charge in [0.15, 0.2) is 0 Å². The summed E-state index contributed by atoms with van der Waals surface area (Å²) in [5.41, 5.74) is -0.0796. The molecule has 0 N–H and O–H groups in total. The van der Waals surface area contributed by atoms with Gasteiger partial charge in [0.1, 0.15) is 6.10 Å². The van der Waals surface area contributed by atoms with E-state index in [1.807, 2.05) is 4.90 Å². The minimum absolute atomic E-state index is 0.0796. The van der Waals surface area contributed by atoms with E-state index in [0.29, 0.717) is 37.3 Å². The molecule has 0 radical (unpaired) electrons. The smallest absolute Gasteiger partial charge is 0.229 e. The second-order valence-electron chi connectivity index (χ2n) is 8.48. The Labute approximate surface area is 141 Å². The normalized spacial score (nSPS) is 41.0. The van der Waals surface area contributed by atoms with Gasteiger partial charge in [0.2, 0.25) is 17.6 Å². The summed E-state index contributed by atoms with van der Waals surface area (Å²) in [6, 6.07) is 0. The number of aryl methyl sites for hydroxylation is 1. The van der Waals surface area contributed by atoms with Crippen molar-refractivity contribution in [1.29, 1.82) is 0 Å². The number of morpholine rings is 1. The van der Waals surface area contributed by atoms with Gasteiger partial charge in [0.05, 0.1) is 18.6 Å². The van der Waals surface area contributed by atoms with Crippen molar-refractivity contribution in [2.45, 2.75) is 51.6 Å². The number of hydrogen-bond donors (Lipinski definition) is 0. The molecule has 1 aromatic rings. The summed E-state index contributed by atoms with van der Waals surface area (Å²) in [6.45, 7) is 3.57. The third-order valence-electron chi connectivity index (χ3n) is 6.68. The van der Waals surface area contributed by atoms with Crippen molar-refractivity contribution < 1.29 is 14.1 Å². The SMILES string of the molecule is Cc1nc([C@H]2CN(C(=O)C34CC5CC(CC(C5)C3)C4)CCO2)no1. The lowest BCUT2D eigenvalue weighted by Gasteiger charge is -2.57. The number of aromatic nitrogens is 2. The van der Waals surface area contributed by atoms with Gasteiger partial charge in [-0.1, -0.05) is 5.16 Å². The molecule has 130 valence electrons. The number of carbonyl (C=O) groups excluding carboxylic acids is 1. The second-order valence-corrected chi connectivity index (χ2v) is 8.48. The van der Waals surface area contributed by atoms with E-state index in [9.17, 15) is 4.79 Å². The van der Waals surface area contributed by atoms with Crippen molar-refractivity contribution in [3.63, 3.8) is 0 Å². The molecule has 2 heterocycles. The van der Waals surface area contributed by atoms with E-state index in [4.69, 9.17) is 9.26 Å². The largest absolute Gasteiger partial charge is 0.366 e. The zero-order valence-electron chi connectivity index (χ0n) is 14.2. The standard InChI is InChI=1S/C18H25N3O3/c1-11-19-16(20-24-11)15-10-21(2-3-23-15)17(22)18-7-12-4-13(8-18)6-14(5-12)9-18/h12-15H,2-10H2,1H3/t12?,13?,14?,15-,18?/m1/s1. The summed E-state index contributed by atoms with van der Waals surface area (Å²) < 4.78 is 10.9. The Hall–Kier alpha value is -1.43. The minimum atomic E-state index is -0.255. The van der Waals surface area contributed by atoms with Crippen LogP contribution in [0.5, 0.6) is 0 Å². The number of carbonyl (C=O) groups is 1. The molecule has 6 heteroatoms. The first-order valence-electron chi connectivity index (χ1n) is 9.32. The van der Waals surface area contributed by atoms with E-state index in [-0.39, 0.29) is 11.5 Å². The van der Waals surface area contributed by atoms with Crippen molar-refractivity contribution >= 4 is 5.91 Å². The van der Waals surface area contributed by atoms with Crippen LogP contribution >= 0.6 is 0 Å². The van der Waals surface area contributed by atoms with Crippen LogP contribution in [-0.2, 0) is 9.53 Å². The molecule has 5 aliphatic rings. The van der Waals surface area contributed by atoms with Crippen LogP contribution in [0.3, 0.4) is 0 Å². The van der Waals surface area contributed by atoms with E-state index >= 15 is 0 Å². The summed E-state index contributed by atoms with van der Waals surface area (Å²) in [5.74, 6) is 3.84. The van der Waals surface area contributed by atoms with Crippen LogP contribution in [0.4, 0.5) is 0 Å². The van der Waals surface area contributed by atoms with E-state index in [0.717, 1.165) is 37.0 Å². The van der Waals surface area contributed by atoms with Crippen LogP contribution in [-0.4, -0.2) is 40.6 Å². The summed E-state index contributed by atoms with van der Waals surface area (Å²) in [4.78, 5) is 19.7. The topological polar surface area (TPSA) is 68.5 Å². The number of nitrogens with zero attached hydrogens (tertiary/aromatic N) is 3. The van der Waals surface area contributed by atoms with Crippen LogP contribution in [0.25, 0.3) is 0 Å². The second kappa shape index (κ2) is 5.28. The summed E-state index contributed by atoms with van der Waals surface area (Å²) in [7, 11) is 0. The molecular weight excluding hydrogens is 306 g/mol. The van der Waals surface area contributed by atoms with Crippen molar-refractivity contribution in [1.82, 2.24) is 15.0 Å². The third-order valence-corrected chi connectivity index (χ3v) is 6.68. The molecule has 1 aromatic heterocycles. The maximum Gasteiger partial charge on any atom is 0.229 e. The Morgan fingerprint density at radius 3 is 2.42 bits per heavy atom. The summed E-state index contributed by atoms with van der Waals surface area (Å²) >= 11 is 0. The van der Waals surface area contributed by atoms with Crippen molar-refractivity contribution in [3.05, 3.63) is 11.7 Å². The number of hydrogen-bond acceptors (Lipinski definition) is 5.